The van der Waals surface area contributed by atoms with Gasteiger partial charge >= 0.3 is 6.18 Å². The van der Waals surface area contributed by atoms with Crippen LogP contribution in [0.5, 0.6) is 0 Å². The SMILES string of the molecule is NCc1nc(CN2CCCC(C(F)(F)F)C2)no1. The van der Waals surface area contributed by atoms with E-state index >= 15 is 0 Å². The van der Waals surface area contributed by atoms with Crippen molar-refractivity contribution in [2.45, 2.75) is 32.1 Å². The summed E-state index contributed by atoms with van der Waals surface area (Å²) < 4.78 is 42.7. The number of alkyl halides is 3. The van der Waals surface area contributed by atoms with Crippen LogP contribution in [0.2, 0.25) is 0 Å². The Balaban J connectivity index is 1.93. The molecular weight excluding hydrogens is 249 g/mol. The van der Waals surface area contributed by atoms with Gasteiger partial charge in [-0.25, -0.2) is 0 Å². The second kappa shape index (κ2) is 5.23. The van der Waals surface area contributed by atoms with Crippen molar-refractivity contribution in [1.29, 1.82) is 0 Å². The van der Waals surface area contributed by atoms with Crippen LogP contribution in [0, 0.1) is 5.92 Å². The van der Waals surface area contributed by atoms with E-state index in [1.54, 1.807) is 4.90 Å². The molecule has 0 amide bonds. The number of hydrogen-bond donors (Lipinski definition) is 1. The summed E-state index contributed by atoms with van der Waals surface area (Å²) in [7, 11) is 0. The maximum absolute atomic E-state index is 12.6. The van der Waals surface area contributed by atoms with Crippen LogP contribution >= 0.6 is 0 Å². The third kappa shape index (κ3) is 3.20. The molecule has 8 heteroatoms. The first-order valence-corrected chi connectivity index (χ1v) is 5.79. The van der Waals surface area contributed by atoms with Crippen LogP contribution in [0.4, 0.5) is 13.2 Å². The van der Waals surface area contributed by atoms with Gasteiger partial charge in [0.2, 0.25) is 5.89 Å². The summed E-state index contributed by atoms with van der Waals surface area (Å²) in [5, 5.41) is 3.68. The van der Waals surface area contributed by atoms with E-state index in [0.29, 0.717) is 24.7 Å². The highest BCUT2D eigenvalue weighted by Crippen LogP contribution is 2.33. The van der Waals surface area contributed by atoms with Gasteiger partial charge in [-0.3, -0.25) is 4.90 Å². The zero-order chi connectivity index (χ0) is 13.2. The van der Waals surface area contributed by atoms with Gasteiger partial charge < -0.3 is 10.3 Å². The van der Waals surface area contributed by atoms with Crippen LogP contribution in [0.25, 0.3) is 0 Å². The second-order valence-electron chi connectivity index (χ2n) is 4.42. The van der Waals surface area contributed by atoms with Crippen LogP contribution in [0.1, 0.15) is 24.6 Å². The Morgan fingerprint density at radius 1 is 1.44 bits per heavy atom. The third-order valence-electron chi connectivity index (χ3n) is 3.02. The first-order chi connectivity index (χ1) is 8.49. The number of rotatable bonds is 3. The fourth-order valence-electron chi connectivity index (χ4n) is 2.10. The van der Waals surface area contributed by atoms with E-state index in [4.69, 9.17) is 10.3 Å². The predicted molar refractivity (Wildman–Crippen MR) is 56.2 cm³/mol. The van der Waals surface area contributed by atoms with Gasteiger partial charge in [0.05, 0.1) is 19.0 Å². The third-order valence-corrected chi connectivity index (χ3v) is 3.02. The number of likely N-dealkylation sites (tertiary alicyclic amines) is 1. The summed E-state index contributed by atoms with van der Waals surface area (Å²) in [6.45, 7) is 1.03. The average Bonchev–Trinajstić information content (AvgIpc) is 2.76. The van der Waals surface area contributed by atoms with Crippen molar-refractivity contribution in [2.75, 3.05) is 13.1 Å². The molecule has 0 aromatic carbocycles. The molecule has 0 saturated carbocycles. The van der Waals surface area contributed by atoms with Crippen LogP contribution in [0.15, 0.2) is 4.52 Å². The van der Waals surface area contributed by atoms with Gasteiger partial charge in [0, 0.05) is 6.54 Å². The van der Waals surface area contributed by atoms with Crippen LogP contribution in [-0.2, 0) is 13.1 Å². The number of halogens is 3. The van der Waals surface area contributed by atoms with Crippen molar-refractivity contribution in [3.63, 3.8) is 0 Å². The first-order valence-electron chi connectivity index (χ1n) is 5.79. The highest BCUT2D eigenvalue weighted by atomic mass is 19.4. The smallest absolute Gasteiger partial charge is 0.338 e. The van der Waals surface area contributed by atoms with Crippen LogP contribution in [0.3, 0.4) is 0 Å². The van der Waals surface area contributed by atoms with Crippen molar-refractivity contribution in [1.82, 2.24) is 15.0 Å². The molecule has 2 N–H and O–H groups in total. The minimum absolute atomic E-state index is 0.00397. The van der Waals surface area contributed by atoms with Gasteiger partial charge in [-0.05, 0) is 19.4 Å². The van der Waals surface area contributed by atoms with Crippen LogP contribution < -0.4 is 5.73 Å². The molecule has 0 aliphatic carbocycles. The molecule has 5 nitrogen and oxygen atoms in total. The molecule has 102 valence electrons. The molecule has 0 radical (unpaired) electrons. The molecule has 1 fully saturated rings. The summed E-state index contributed by atoms with van der Waals surface area (Å²) in [5.41, 5.74) is 5.32. The van der Waals surface area contributed by atoms with Crippen molar-refractivity contribution in [2.24, 2.45) is 11.7 Å². The molecular formula is C10H15F3N4O. The molecule has 2 rings (SSSR count). The van der Waals surface area contributed by atoms with E-state index in [2.05, 4.69) is 10.1 Å². The summed E-state index contributed by atoms with van der Waals surface area (Å²) in [5.74, 6) is -0.570. The van der Waals surface area contributed by atoms with Crippen molar-refractivity contribution in [3.8, 4) is 0 Å². The van der Waals surface area contributed by atoms with Gasteiger partial charge in [0.25, 0.3) is 0 Å². The molecule has 1 aromatic heterocycles. The predicted octanol–water partition coefficient (Wildman–Crippen LogP) is 1.30. The standard InChI is InChI=1S/C10H15F3N4O/c11-10(12,13)7-2-1-3-17(5-7)6-8-15-9(4-14)18-16-8/h7H,1-6,14H2. The van der Waals surface area contributed by atoms with Crippen molar-refractivity contribution < 1.29 is 17.7 Å². The Labute approximate surface area is 102 Å². The molecule has 1 saturated heterocycles. The van der Waals surface area contributed by atoms with E-state index in [1.807, 2.05) is 0 Å². The lowest BCUT2D eigenvalue weighted by Gasteiger charge is -2.32. The zero-order valence-electron chi connectivity index (χ0n) is 9.78. The largest absolute Gasteiger partial charge is 0.393 e. The minimum atomic E-state index is -4.13. The Kier molecular flexibility index (Phi) is 3.86. The normalized spacial score (nSPS) is 22.3. The molecule has 1 atom stereocenters. The maximum atomic E-state index is 12.6. The number of nitrogens with two attached hydrogens (primary N) is 1. The van der Waals surface area contributed by atoms with E-state index in [1.165, 1.54) is 0 Å². The van der Waals surface area contributed by atoms with E-state index in [0.717, 1.165) is 0 Å². The molecule has 1 aliphatic heterocycles. The van der Waals surface area contributed by atoms with E-state index in [-0.39, 0.29) is 26.1 Å². The highest BCUT2D eigenvalue weighted by molar-refractivity contribution is 4.87. The first kappa shape index (κ1) is 13.3. The molecule has 2 heterocycles. The Morgan fingerprint density at radius 2 is 2.22 bits per heavy atom. The second-order valence-corrected chi connectivity index (χ2v) is 4.42. The molecule has 0 bridgehead atoms. The number of aromatic nitrogens is 2. The van der Waals surface area contributed by atoms with Gasteiger partial charge in [-0.2, -0.15) is 18.2 Å². The Bertz CT molecular complexity index is 393. The Morgan fingerprint density at radius 3 is 2.83 bits per heavy atom. The van der Waals surface area contributed by atoms with Gasteiger partial charge in [0.1, 0.15) is 0 Å². The number of piperidine rings is 1. The van der Waals surface area contributed by atoms with Gasteiger partial charge in [-0.1, -0.05) is 5.16 Å². The van der Waals surface area contributed by atoms with Crippen molar-refractivity contribution in [3.05, 3.63) is 11.7 Å². The monoisotopic (exact) mass is 264 g/mol. The summed E-state index contributed by atoms with van der Waals surface area (Å²) >= 11 is 0. The lowest BCUT2D eigenvalue weighted by molar-refractivity contribution is -0.187. The van der Waals surface area contributed by atoms with Gasteiger partial charge in [0.15, 0.2) is 5.82 Å². The fraction of sp³-hybridized carbons (Fsp3) is 0.800. The molecule has 1 aromatic rings. The van der Waals surface area contributed by atoms with E-state index in [9.17, 15) is 13.2 Å². The highest BCUT2D eigenvalue weighted by Gasteiger charge is 2.41. The molecule has 0 spiro atoms. The average molecular weight is 264 g/mol. The molecule has 18 heavy (non-hydrogen) atoms. The summed E-state index contributed by atoms with van der Waals surface area (Å²) in [4.78, 5) is 5.69. The summed E-state index contributed by atoms with van der Waals surface area (Å²) in [6.07, 6.45) is -3.40. The lowest BCUT2D eigenvalue weighted by Crippen LogP contribution is -2.41. The molecule has 1 unspecified atom stereocenters. The quantitative estimate of drug-likeness (QED) is 0.891. The van der Waals surface area contributed by atoms with E-state index < -0.39 is 12.1 Å². The van der Waals surface area contributed by atoms with Crippen molar-refractivity contribution >= 4 is 0 Å². The van der Waals surface area contributed by atoms with Gasteiger partial charge in [-0.15, -0.1) is 0 Å². The summed E-state index contributed by atoms with van der Waals surface area (Å²) in [6, 6.07) is 0. The topological polar surface area (TPSA) is 68.2 Å². The lowest BCUT2D eigenvalue weighted by atomic mass is 9.97. The molecule has 1 aliphatic rings. The Hall–Kier alpha value is -1.15. The maximum Gasteiger partial charge on any atom is 0.393 e. The minimum Gasteiger partial charge on any atom is -0.338 e. The zero-order valence-corrected chi connectivity index (χ0v) is 9.78. The fourth-order valence-corrected chi connectivity index (χ4v) is 2.10. The number of nitrogens with zero attached hydrogens (tertiary/aromatic N) is 3. The number of hydrogen-bond acceptors (Lipinski definition) is 5. The van der Waals surface area contributed by atoms with Crippen LogP contribution in [-0.4, -0.2) is 34.3 Å².